The van der Waals surface area contributed by atoms with E-state index in [0.29, 0.717) is 12.8 Å². The Morgan fingerprint density at radius 3 is 2.39 bits per heavy atom. The van der Waals surface area contributed by atoms with Crippen molar-refractivity contribution in [3.8, 4) is 5.88 Å². The fraction of sp³-hybridized carbons (Fsp3) is 0.650. The lowest BCUT2D eigenvalue weighted by atomic mass is 9.85. The number of halogens is 2. The number of nitrogens with one attached hydrogen (secondary N) is 2. The van der Waals surface area contributed by atoms with Gasteiger partial charge >= 0.3 is 0 Å². The van der Waals surface area contributed by atoms with Crippen molar-refractivity contribution in [3.63, 3.8) is 0 Å². The van der Waals surface area contributed by atoms with Gasteiger partial charge in [0.15, 0.2) is 6.61 Å². The van der Waals surface area contributed by atoms with Crippen LogP contribution in [-0.2, 0) is 9.59 Å². The zero-order chi connectivity index (χ0) is 19.9. The molecule has 2 aliphatic carbocycles. The van der Waals surface area contributed by atoms with Crippen molar-refractivity contribution in [2.24, 2.45) is 11.8 Å². The zero-order valence-corrected chi connectivity index (χ0v) is 15.8. The molecule has 28 heavy (non-hydrogen) atoms. The Labute approximate surface area is 163 Å². The lowest BCUT2D eigenvalue weighted by Gasteiger charge is -2.29. The number of carbonyl (C=O) groups excluding carboxylic acids is 2. The van der Waals surface area contributed by atoms with Gasteiger partial charge < -0.3 is 15.4 Å². The number of aromatic nitrogens is 1. The standard InChI is InChI=1S/C20H27F2N3O3/c21-16(22)12-28-18-7-3-6-17(24-18)25-20(27)14-8-10-15(11-9-14)23-19(26)13-4-1-2-5-13/h3,6-7,13-16H,1-2,4-5,8-12H2,(H,23,26)(H,24,25,27). The third-order valence-corrected chi connectivity index (χ3v) is 5.50. The van der Waals surface area contributed by atoms with Crippen LogP contribution in [0.2, 0.25) is 0 Å². The molecule has 0 atom stereocenters. The SMILES string of the molecule is O=C(Nc1cccc(OCC(F)F)n1)C1CCC(NC(=O)C2CCCC2)CC1. The second-order valence-corrected chi connectivity index (χ2v) is 7.59. The van der Waals surface area contributed by atoms with Crippen molar-refractivity contribution < 1.29 is 23.1 Å². The van der Waals surface area contributed by atoms with E-state index in [1.807, 2.05) is 0 Å². The maximum Gasteiger partial charge on any atom is 0.272 e. The van der Waals surface area contributed by atoms with E-state index in [9.17, 15) is 18.4 Å². The molecule has 0 unspecified atom stereocenters. The van der Waals surface area contributed by atoms with Crippen LogP contribution >= 0.6 is 0 Å². The normalized spacial score (nSPS) is 22.8. The van der Waals surface area contributed by atoms with Gasteiger partial charge in [0.25, 0.3) is 6.43 Å². The van der Waals surface area contributed by atoms with Crippen LogP contribution in [-0.4, -0.2) is 35.9 Å². The highest BCUT2D eigenvalue weighted by Gasteiger charge is 2.29. The Morgan fingerprint density at radius 2 is 1.71 bits per heavy atom. The highest BCUT2D eigenvalue weighted by Crippen LogP contribution is 2.28. The summed E-state index contributed by atoms with van der Waals surface area (Å²) in [4.78, 5) is 28.8. The Bertz CT molecular complexity index is 672. The molecule has 8 heteroatoms. The fourth-order valence-electron chi connectivity index (χ4n) is 3.95. The van der Waals surface area contributed by atoms with Crippen LogP contribution in [0.25, 0.3) is 0 Å². The third-order valence-electron chi connectivity index (χ3n) is 5.50. The van der Waals surface area contributed by atoms with E-state index in [2.05, 4.69) is 15.6 Å². The van der Waals surface area contributed by atoms with E-state index in [0.717, 1.165) is 38.5 Å². The second kappa shape index (κ2) is 9.80. The summed E-state index contributed by atoms with van der Waals surface area (Å²) in [6.07, 6.45) is 4.60. The van der Waals surface area contributed by atoms with E-state index in [4.69, 9.17) is 4.74 Å². The molecule has 6 nitrogen and oxygen atoms in total. The number of carbonyl (C=O) groups is 2. The maximum absolute atomic E-state index is 12.5. The highest BCUT2D eigenvalue weighted by atomic mass is 19.3. The molecule has 1 aromatic heterocycles. The molecular formula is C20H27F2N3O3. The van der Waals surface area contributed by atoms with Crippen molar-refractivity contribution in [2.75, 3.05) is 11.9 Å². The number of pyridine rings is 1. The number of nitrogens with zero attached hydrogens (tertiary/aromatic N) is 1. The molecular weight excluding hydrogens is 368 g/mol. The minimum Gasteiger partial charge on any atom is -0.472 e. The summed E-state index contributed by atoms with van der Waals surface area (Å²) in [5, 5.41) is 5.87. The van der Waals surface area contributed by atoms with Crippen molar-refractivity contribution in [1.29, 1.82) is 0 Å². The number of anilines is 1. The average molecular weight is 395 g/mol. The monoisotopic (exact) mass is 395 g/mol. The zero-order valence-electron chi connectivity index (χ0n) is 15.8. The van der Waals surface area contributed by atoms with Gasteiger partial charge in [-0.1, -0.05) is 18.9 Å². The van der Waals surface area contributed by atoms with Gasteiger partial charge in [0, 0.05) is 23.9 Å². The molecule has 0 spiro atoms. The van der Waals surface area contributed by atoms with Crippen LogP contribution in [0.5, 0.6) is 5.88 Å². The van der Waals surface area contributed by atoms with Crippen molar-refractivity contribution in [1.82, 2.24) is 10.3 Å². The number of rotatable bonds is 7. The van der Waals surface area contributed by atoms with Gasteiger partial charge in [-0.15, -0.1) is 0 Å². The first-order chi connectivity index (χ1) is 13.5. The molecule has 0 saturated heterocycles. The van der Waals surface area contributed by atoms with Gasteiger partial charge in [-0.2, -0.15) is 4.98 Å². The maximum atomic E-state index is 12.5. The van der Waals surface area contributed by atoms with Crippen LogP contribution < -0.4 is 15.4 Å². The minimum absolute atomic E-state index is 0.0523. The molecule has 0 bridgehead atoms. The van der Waals surface area contributed by atoms with Gasteiger partial charge in [0.05, 0.1) is 0 Å². The quantitative estimate of drug-likeness (QED) is 0.740. The number of hydrogen-bond donors (Lipinski definition) is 2. The van der Waals surface area contributed by atoms with Gasteiger partial charge in [-0.3, -0.25) is 9.59 Å². The van der Waals surface area contributed by atoms with E-state index in [1.54, 1.807) is 12.1 Å². The predicted molar refractivity (Wildman–Crippen MR) is 100 cm³/mol. The van der Waals surface area contributed by atoms with Gasteiger partial charge in [0.2, 0.25) is 17.7 Å². The number of amides is 2. The predicted octanol–water partition coefficient (Wildman–Crippen LogP) is 3.53. The number of alkyl halides is 2. The summed E-state index contributed by atoms with van der Waals surface area (Å²) in [6.45, 7) is -0.735. The van der Waals surface area contributed by atoms with E-state index < -0.39 is 13.0 Å². The molecule has 2 amide bonds. The van der Waals surface area contributed by atoms with Crippen molar-refractivity contribution in [3.05, 3.63) is 18.2 Å². The van der Waals surface area contributed by atoms with Crippen LogP contribution in [0.1, 0.15) is 51.4 Å². The van der Waals surface area contributed by atoms with Crippen LogP contribution in [0, 0.1) is 11.8 Å². The molecule has 1 heterocycles. The molecule has 2 aliphatic rings. The fourth-order valence-corrected chi connectivity index (χ4v) is 3.95. The summed E-state index contributed by atoms with van der Waals surface area (Å²) in [5.41, 5.74) is 0. The van der Waals surface area contributed by atoms with Crippen molar-refractivity contribution >= 4 is 17.6 Å². The van der Waals surface area contributed by atoms with Crippen LogP contribution in [0.4, 0.5) is 14.6 Å². The Hall–Kier alpha value is -2.25. The summed E-state index contributed by atoms with van der Waals surface area (Å²) < 4.78 is 29.3. The molecule has 2 saturated carbocycles. The third kappa shape index (κ3) is 5.87. The molecule has 2 N–H and O–H groups in total. The largest absolute Gasteiger partial charge is 0.472 e. The molecule has 0 aromatic carbocycles. The molecule has 154 valence electrons. The average Bonchev–Trinajstić information content (AvgIpc) is 3.22. The smallest absolute Gasteiger partial charge is 0.272 e. The number of ether oxygens (including phenoxy) is 1. The summed E-state index contributed by atoms with van der Waals surface area (Å²) >= 11 is 0. The van der Waals surface area contributed by atoms with Gasteiger partial charge in [-0.05, 0) is 44.6 Å². The van der Waals surface area contributed by atoms with E-state index >= 15 is 0 Å². The molecule has 0 radical (unpaired) electrons. The topological polar surface area (TPSA) is 80.3 Å². The second-order valence-electron chi connectivity index (χ2n) is 7.59. The van der Waals surface area contributed by atoms with Crippen LogP contribution in [0.15, 0.2) is 18.2 Å². The van der Waals surface area contributed by atoms with Gasteiger partial charge in [0.1, 0.15) is 5.82 Å². The summed E-state index contributed by atoms with van der Waals surface area (Å²) in [6, 6.07) is 4.80. The lowest BCUT2D eigenvalue weighted by Crippen LogP contribution is -2.41. The number of hydrogen-bond acceptors (Lipinski definition) is 4. The Balaban J connectivity index is 1.43. The summed E-state index contributed by atoms with van der Waals surface area (Å²) in [7, 11) is 0. The minimum atomic E-state index is -2.58. The first-order valence-electron chi connectivity index (χ1n) is 10.0. The van der Waals surface area contributed by atoms with E-state index in [-0.39, 0.29) is 41.4 Å². The molecule has 0 aliphatic heterocycles. The first kappa shape index (κ1) is 20.5. The molecule has 1 aromatic rings. The highest BCUT2D eigenvalue weighted by molar-refractivity contribution is 5.91. The molecule has 3 rings (SSSR count). The Morgan fingerprint density at radius 1 is 1.04 bits per heavy atom. The first-order valence-corrected chi connectivity index (χ1v) is 10.0. The van der Waals surface area contributed by atoms with Gasteiger partial charge in [-0.25, -0.2) is 8.78 Å². The molecule has 2 fully saturated rings. The summed E-state index contributed by atoms with van der Waals surface area (Å²) in [5.74, 6) is 0.373. The van der Waals surface area contributed by atoms with Crippen LogP contribution in [0.3, 0.4) is 0 Å². The lowest BCUT2D eigenvalue weighted by molar-refractivity contribution is -0.125. The van der Waals surface area contributed by atoms with Crippen molar-refractivity contribution in [2.45, 2.75) is 63.8 Å². The van der Waals surface area contributed by atoms with E-state index in [1.165, 1.54) is 6.07 Å². The Kier molecular flexibility index (Phi) is 7.17.